The highest BCUT2D eigenvalue weighted by atomic mass is 14.2. The third-order valence-corrected chi connectivity index (χ3v) is 2.69. The second kappa shape index (κ2) is 4.41. The molecule has 0 radical (unpaired) electrons. The summed E-state index contributed by atoms with van der Waals surface area (Å²) in [5, 5.41) is 0. The predicted molar refractivity (Wildman–Crippen MR) is 49.5 cm³/mol. The van der Waals surface area contributed by atoms with E-state index in [1.54, 1.807) is 0 Å². The van der Waals surface area contributed by atoms with Gasteiger partial charge in [-0.25, -0.2) is 0 Å². The van der Waals surface area contributed by atoms with Gasteiger partial charge in [-0.15, -0.1) is 5.73 Å². The fourth-order valence-electron chi connectivity index (χ4n) is 1.90. The molecule has 0 saturated heterocycles. The average molecular weight is 150 g/mol. The highest BCUT2D eigenvalue weighted by Gasteiger charge is 2.15. The van der Waals surface area contributed by atoms with Crippen LogP contribution in [0.25, 0.3) is 0 Å². The molecule has 0 N–H and O–H groups in total. The molecule has 1 aliphatic rings. The van der Waals surface area contributed by atoms with Crippen LogP contribution in [-0.2, 0) is 0 Å². The maximum atomic E-state index is 3.71. The van der Waals surface area contributed by atoms with Gasteiger partial charge in [0, 0.05) is 0 Å². The third kappa shape index (κ3) is 2.55. The molecule has 0 heteroatoms. The summed E-state index contributed by atoms with van der Waals surface area (Å²) >= 11 is 0. The SMILES string of the molecule is C=C=C(CC)CC1CCCC1. The maximum Gasteiger partial charge on any atom is -0.0216 e. The van der Waals surface area contributed by atoms with Crippen LogP contribution < -0.4 is 0 Å². The summed E-state index contributed by atoms with van der Waals surface area (Å²) in [5.41, 5.74) is 4.47. The first kappa shape index (κ1) is 8.62. The monoisotopic (exact) mass is 150 g/mol. The van der Waals surface area contributed by atoms with Gasteiger partial charge in [0.1, 0.15) is 0 Å². The zero-order chi connectivity index (χ0) is 8.10. The van der Waals surface area contributed by atoms with Crippen LogP contribution in [-0.4, -0.2) is 0 Å². The van der Waals surface area contributed by atoms with E-state index in [4.69, 9.17) is 0 Å². The Hall–Kier alpha value is -0.480. The third-order valence-electron chi connectivity index (χ3n) is 2.69. The van der Waals surface area contributed by atoms with Gasteiger partial charge in [-0.2, -0.15) is 0 Å². The van der Waals surface area contributed by atoms with E-state index < -0.39 is 0 Å². The van der Waals surface area contributed by atoms with Crippen molar-refractivity contribution in [1.82, 2.24) is 0 Å². The van der Waals surface area contributed by atoms with E-state index in [-0.39, 0.29) is 0 Å². The molecular formula is C11H18. The molecule has 0 spiro atoms. The topological polar surface area (TPSA) is 0 Å². The standard InChI is InChI=1S/C11H18/c1-3-10(4-2)9-11-7-5-6-8-11/h11H,1,4-9H2,2H3. The molecule has 0 aromatic carbocycles. The lowest BCUT2D eigenvalue weighted by molar-refractivity contribution is 0.537. The first-order valence-corrected chi connectivity index (χ1v) is 4.74. The Morgan fingerprint density at radius 3 is 2.55 bits per heavy atom. The zero-order valence-corrected chi connectivity index (χ0v) is 7.53. The molecule has 11 heavy (non-hydrogen) atoms. The molecule has 1 fully saturated rings. The summed E-state index contributed by atoms with van der Waals surface area (Å²) in [6, 6.07) is 0. The molecule has 1 aliphatic carbocycles. The number of rotatable bonds is 3. The van der Waals surface area contributed by atoms with Gasteiger partial charge in [-0.1, -0.05) is 39.2 Å². The Kier molecular flexibility index (Phi) is 3.45. The molecule has 1 rings (SSSR count). The molecular weight excluding hydrogens is 132 g/mol. The molecule has 0 heterocycles. The molecule has 0 unspecified atom stereocenters. The molecule has 62 valence electrons. The van der Waals surface area contributed by atoms with Crippen molar-refractivity contribution in [2.45, 2.75) is 45.4 Å². The fourth-order valence-corrected chi connectivity index (χ4v) is 1.90. The summed E-state index contributed by atoms with van der Waals surface area (Å²) in [6.07, 6.45) is 8.16. The van der Waals surface area contributed by atoms with E-state index in [1.165, 1.54) is 37.7 Å². The Labute approximate surface area is 70.0 Å². The molecule has 0 bridgehead atoms. The van der Waals surface area contributed by atoms with Crippen molar-refractivity contribution in [1.29, 1.82) is 0 Å². The maximum absolute atomic E-state index is 3.71. The number of allylic oxidation sites excluding steroid dienone is 1. The van der Waals surface area contributed by atoms with Crippen LogP contribution in [0.5, 0.6) is 0 Å². The lowest BCUT2D eigenvalue weighted by atomic mass is 9.97. The molecule has 0 aliphatic heterocycles. The van der Waals surface area contributed by atoms with Crippen molar-refractivity contribution in [2.24, 2.45) is 5.92 Å². The minimum absolute atomic E-state index is 0.958. The summed E-state index contributed by atoms with van der Waals surface area (Å²) in [6.45, 7) is 5.91. The predicted octanol–water partition coefficient (Wildman–Crippen LogP) is 3.69. The van der Waals surface area contributed by atoms with E-state index in [2.05, 4.69) is 19.2 Å². The Bertz CT molecular complexity index is 155. The Morgan fingerprint density at radius 1 is 1.45 bits per heavy atom. The number of hydrogen-bond donors (Lipinski definition) is 0. The minimum Gasteiger partial charge on any atom is -0.130 e. The van der Waals surface area contributed by atoms with Crippen molar-refractivity contribution < 1.29 is 0 Å². The summed E-state index contributed by atoms with van der Waals surface area (Å²) < 4.78 is 0. The van der Waals surface area contributed by atoms with Crippen LogP contribution in [0.1, 0.15) is 45.4 Å². The van der Waals surface area contributed by atoms with Gasteiger partial charge >= 0.3 is 0 Å². The summed E-state index contributed by atoms with van der Waals surface area (Å²) in [7, 11) is 0. The van der Waals surface area contributed by atoms with Crippen LogP contribution in [0.4, 0.5) is 0 Å². The molecule has 0 amide bonds. The van der Waals surface area contributed by atoms with Crippen LogP contribution in [0.15, 0.2) is 17.9 Å². The van der Waals surface area contributed by atoms with E-state index >= 15 is 0 Å². The van der Waals surface area contributed by atoms with Gasteiger partial charge in [0.05, 0.1) is 0 Å². The van der Waals surface area contributed by atoms with Crippen molar-refractivity contribution in [3.05, 3.63) is 17.9 Å². The highest BCUT2D eigenvalue weighted by Crippen LogP contribution is 2.30. The van der Waals surface area contributed by atoms with Gasteiger partial charge < -0.3 is 0 Å². The normalized spacial score (nSPS) is 18.3. The van der Waals surface area contributed by atoms with Crippen LogP contribution >= 0.6 is 0 Å². The van der Waals surface area contributed by atoms with Crippen molar-refractivity contribution >= 4 is 0 Å². The second-order valence-corrected chi connectivity index (χ2v) is 3.49. The van der Waals surface area contributed by atoms with Gasteiger partial charge in [-0.3, -0.25) is 0 Å². The van der Waals surface area contributed by atoms with Crippen molar-refractivity contribution in [3.63, 3.8) is 0 Å². The van der Waals surface area contributed by atoms with Crippen LogP contribution in [0, 0.1) is 5.92 Å². The lowest BCUT2D eigenvalue weighted by Crippen LogP contribution is -1.94. The van der Waals surface area contributed by atoms with E-state index in [0.29, 0.717) is 0 Å². The minimum atomic E-state index is 0.958. The van der Waals surface area contributed by atoms with Gasteiger partial charge in [0.2, 0.25) is 0 Å². The fraction of sp³-hybridized carbons (Fsp3) is 0.727. The second-order valence-electron chi connectivity index (χ2n) is 3.49. The molecule has 1 saturated carbocycles. The average Bonchev–Trinajstić information content (AvgIpc) is 2.52. The lowest BCUT2D eigenvalue weighted by Gasteiger charge is -2.08. The van der Waals surface area contributed by atoms with E-state index in [1.807, 2.05) is 0 Å². The zero-order valence-electron chi connectivity index (χ0n) is 7.53. The van der Waals surface area contributed by atoms with Crippen LogP contribution in [0.3, 0.4) is 0 Å². The van der Waals surface area contributed by atoms with E-state index in [9.17, 15) is 0 Å². The largest absolute Gasteiger partial charge is 0.130 e. The first-order valence-electron chi connectivity index (χ1n) is 4.74. The summed E-state index contributed by atoms with van der Waals surface area (Å²) in [5.74, 6) is 0.958. The summed E-state index contributed by atoms with van der Waals surface area (Å²) in [4.78, 5) is 0. The van der Waals surface area contributed by atoms with Crippen molar-refractivity contribution in [3.8, 4) is 0 Å². The molecule has 0 aromatic heterocycles. The van der Waals surface area contributed by atoms with Gasteiger partial charge in [0.15, 0.2) is 0 Å². The quantitative estimate of drug-likeness (QED) is 0.538. The number of hydrogen-bond acceptors (Lipinski definition) is 0. The first-order chi connectivity index (χ1) is 5.36. The highest BCUT2D eigenvalue weighted by molar-refractivity contribution is 4.99. The molecule has 0 aromatic rings. The van der Waals surface area contributed by atoms with Gasteiger partial charge in [-0.05, 0) is 24.3 Å². The van der Waals surface area contributed by atoms with Crippen LogP contribution in [0.2, 0.25) is 0 Å². The van der Waals surface area contributed by atoms with E-state index in [0.717, 1.165) is 12.3 Å². The molecule has 0 nitrogen and oxygen atoms in total. The smallest absolute Gasteiger partial charge is 0.0216 e. The van der Waals surface area contributed by atoms with Gasteiger partial charge in [0.25, 0.3) is 0 Å². The Balaban J connectivity index is 2.33. The van der Waals surface area contributed by atoms with Crippen molar-refractivity contribution in [2.75, 3.05) is 0 Å². The molecule has 0 atom stereocenters. The Morgan fingerprint density at radius 2 is 2.09 bits per heavy atom.